The first-order chi connectivity index (χ1) is 10.8. The first-order valence-corrected chi connectivity index (χ1v) is 10.9. The lowest BCUT2D eigenvalue weighted by atomic mass is 9.90. The van der Waals surface area contributed by atoms with Gasteiger partial charge in [-0.3, -0.25) is 0 Å². The van der Waals surface area contributed by atoms with Crippen LogP contribution in [0.25, 0.3) is 0 Å². The van der Waals surface area contributed by atoms with Crippen LogP contribution in [0.1, 0.15) is 32.1 Å². The summed E-state index contributed by atoms with van der Waals surface area (Å²) in [4.78, 5) is 0. The Kier molecular flexibility index (Phi) is 4.80. The molecule has 0 amide bonds. The van der Waals surface area contributed by atoms with E-state index in [9.17, 15) is 0 Å². The SMILES string of the molecule is C[Si](C#CC1CCCCC1)(c1ccccc1)c1ccccc1. The van der Waals surface area contributed by atoms with Gasteiger partial charge >= 0.3 is 0 Å². The summed E-state index contributed by atoms with van der Waals surface area (Å²) in [6.07, 6.45) is 6.69. The number of hydrogen-bond acceptors (Lipinski definition) is 0. The van der Waals surface area contributed by atoms with Crippen molar-refractivity contribution in [3.8, 4) is 11.5 Å². The third-order valence-corrected chi connectivity index (χ3v) is 8.45. The van der Waals surface area contributed by atoms with Gasteiger partial charge in [0.15, 0.2) is 8.07 Å². The largest absolute Gasteiger partial charge is 0.196 e. The lowest BCUT2D eigenvalue weighted by Crippen LogP contribution is -2.54. The molecule has 0 N–H and O–H groups in total. The second-order valence-corrected chi connectivity index (χ2v) is 10.1. The van der Waals surface area contributed by atoms with E-state index < -0.39 is 8.07 Å². The standard InChI is InChI=1S/C21H24Si/c1-22(20-13-7-3-8-14-20,21-15-9-4-10-16-21)18-17-19-11-5-2-6-12-19/h3-4,7-10,13-16,19H,2,5-6,11-12H2,1H3. The Morgan fingerprint density at radius 1 is 0.773 bits per heavy atom. The summed E-state index contributed by atoms with van der Waals surface area (Å²) < 4.78 is 0. The molecular weight excluding hydrogens is 280 g/mol. The predicted octanol–water partition coefficient (Wildman–Crippen LogP) is 4.00. The van der Waals surface area contributed by atoms with Crippen LogP contribution in [0, 0.1) is 17.4 Å². The first kappa shape index (κ1) is 15.1. The molecule has 22 heavy (non-hydrogen) atoms. The molecule has 0 unspecified atom stereocenters. The van der Waals surface area contributed by atoms with Crippen molar-refractivity contribution in [2.45, 2.75) is 38.7 Å². The van der Waals surface area contributed by atoms with E-state index in [0.717, 1.165) is 0 Å². The zero-order valence-corrected chi connectivity index (χ0v) is 14.4. The lowest BCUT2D eigenvalue weighted by molar-refractivity contribution is 0.430. The van der Waals surface area contributed by atoms with Gasteiger partial charge in [0, 0.05) is 5.92 Å². The van der Waals surface area contributed by atoms with Gasteiger partial charge in [0.2, 0.25) is 0 Å². The van der Waals surface area contributed by atoms with Gasteiger partial charge in [0.25, 0.3) is 0 Å². The molecule has 0 aromatic heterocycles. The van der Waals surface area contributed by atoms with Crippen LogP contribution in [-0.4, -0.2) is 8.07 Å². The molecule has 0 aliphatic heterocycles. The van der Waals surface area contributed by atoms with Crippen LogP contribution in [0.15, 0.2) is 60.7 Å². The molecule has 3 rings (SSSR count). The van der Waals surface area contributed by atoms with Crippen molar-refractivity contribution in [3.05, 3.63) is 60.7 Å². The van der Waals surface area contributed by atoms with Crippen molar-refractivity contribution in [2.24, 2.45) is 5.92 Å². The third kappa shape index (κ3) is 3.34. The fourth-order valence-corrected chi connectivity index (χ4v) is 6.18. The van der Waals surface area contributed by atoms with Crippen LogP contribution in [0.3, 0.4) is 0 Å². The molecule has 1 heteroatoms. The molecule has 0 spiro atoms. The topological polar surface area (TPSA) is 0 Å². The minimum Gasteiger partial charge on any atom is -0.120 e. The fraction of sp³-hybridized carbons (Fsp3) is 0.333. The van der Waals surface area contributed by atoms with Gasteiger partial charge in [-0.15, -0.1) is 11.5 Å². The average Bonchev–Trinajstić information content (AvgIpc) is 2.62. The molecule has 112 valence electrons. The molecule has 0 atom stereocenters. The molecule has 1 aliphatic rings. The van der Waals surface area contributed by atoms with Crippen molar-refractivity contribution < 1.29 is 0 Å². The van der Waals surface area contributed by atoms with Gasteiger partial charge in [-0.2, -0.15) is 0 Å². The van der Waals surface area contributed by atoms with E-state index in [2.05, 4.69) is 78.7 Å². The zero-order valence-electron chi connectivity index (χ0n) is 13.4. The minimum absolute atomic E-state index is 0.619. The van der Waals surface area contributed by atoms with Crippen LogP contribution in [-0.2, 0) is 0 Å². The summed E-state index contributed by atoms with van der Waals surface area (Å²) in [7, 11) is -1.95. The van der Waals surface area contributed by atoms with Crippen LogP contribution < -0.4 is 10.4 Å². The summed E-state index contributed by atoms with van der Waals surface area (Å²) in [5, 5.41) is 2.84. The van der Waals surface area contributed by atoms with Crippen LogP contribution in [0.4, 0.5) is 0 Å². The lowest BCUT2D eigenvalue weighted by Gasteiger charge is -2.23. The summed E-state index contributed by atoms with van der Waals surface area (Å²) in [6, 6.07) is 21.8. The van der Waals surface area contributed by atoms with Gasteiger partial charge in [-0.25, -0.2) is 0 Å². The highest BCUT2D eigenvalue weighted by Gasteiger charge is 2.30. The molecule has 0 heterocycles. The van der Waals surface area contributed by atoms with Crippen LogP contribution >= 0.6 is 0 Å². The predicted molar refractivity (Wildman–Crippen MR) is 98.1 cm³/mol. The minimum atomic E-state index is -1.95. The molecule has 0 radical (unpaired) electrons. The number of benzene rings is 2. The Hall–Kier alpha value is -1.78. The van der Waals surface area contributed by atoms with Crippen molar-refractivity contribution in [2.75, 3.05) is 0 Å². The third-order valence-electron chi connectivity index (χ3n) is 4.83. The monoisotopic (exact) mass is 304 g/mol. The maximum atomic E-state index is 3.79. The summed E-state index contributed by atoms with van der Waals surface area (Å²) in [5.74, 6) is 4.29. The van der Waals surface area contributed by atoms with Gasteiger partial charge in [-0.1, -0.05) is 86.5 Å². The highest BCUT2D eigenvalue weighted by atomic mass is 28.3. The van der Waals surface area contributed by atoms with Gasteiger partial charge in [-0.05, 0) is 23.2 Å². The maximum Gasteiger partial charge on any atom is 0.196 e. The van der Waals surface area contributed by atoms with E-state index in [1.165, 1.54) is 42.5 Å². The van der Waals surface area contributed by atoms with Crippen LogP contribution in [0.5, 0.6) is 0 Å². The van der Waals surface area contributed by atoms with Gasteiger partial charge in [0.05, 0.1) is 0 Å². The van der Waals surface area contributed by atoms with Gasteiger partial charge < -0.3 is 0 Å². The number of hydrogen-bond donors (Lipinski definition) is 0. The molecule has 2 aromatic carbocycles. The van der Waals surface area contributed by atoms with Gasteiger partial charge in [0.1, 0.15) is 0 Å². The van der Waals surface area contributed by atoms with E-state index in [-0.39, 0.29) is 0 Å². The molecule has 0 bridgehead atoms. The van der Waals surface area contributed by atoms with E-state index in [1.807, 2.05) is 0 Å². The normalized spacial score (nSPS) is 15.9. The van der Waals surface area contributed by atoms with Crippen molar-refractivity contribution in [1.82, 2.24) is 0 Å². The van der Waals surface area contributed by atoms with Crippen LogP contribution in [0.2, 0.25) is 6.55 Å². The Morgan fingerprint density at radius 3 is 1.77 bits per heavy atom. The van der Waals surface area contributed by atoms with E-state index >= 15 is 0 Å². The highest BCUT2D eigenvalue weighted by molar-refractivity contribution is 7.07. The summed E-state index contributed by atoms with van der Waals surface area (Å²) in [6.45, 7) is 2.40. The molecule has 2 aromatic rings. The number of rotatable bonds is 2. The highest BCUT2D eigenvalue weighted by Crippen LogP contribution is 2.22. The first-order valence-electron chi connectivity index (χ1n) is 8.43. The van der Waals surface area contributed by atoms with Crippen molar-refractivity contribution in [3.63, 3.8) is 0 Å². The second-order valence-electron chi connectivity index (χ2n) is 6.46. The fourth-order valence-electron chi connectivity index (χ4n) is 3.35. The molecule has 1 aliphatic carbocycles. The molecule has 1 fully saturated rings. The molecule has 0 saturated heterocycles. The Bertz CT molecular complexity index is 603. The Balaban J connectivity index is 1.98. The molecular formula is C21H24Si. The van der Waals surface area contributed by atoms with E-state index in [0.29, 0.717) is 5.92 Å². The Morgan fingerprint density at radius 2 is 1.27 bits per heavy atom. The summed E-state index contributed by atoms with van der Waals surface area (Å²) >= 11 is 0. The summed E-state index contributed by atoms with van der Waals surface area (Å²) in [5.41, 5.74) is 3.79. The molecule has 1 saturated carbocycles. The maximum absolute atomic E-state index is 3.79. The smallest absolute Gasteiger partial charge is 0.120 e. The van der Waals surface area contributed by atoms with Crippen molar-refractivity contribution >= 4 is 18.4 Å². The molecule has 0 nitrogen and oxygen atoms in total. The van der Waals surface area contributed by atoms with E-state index in [4.69, 9.17) is 0 Å². The average molecular weight is 305 g/mol. The van der Waals surface area contributed by atoms with E-state index in [1.54, 1.807) is 0 Å². The second kappa shape index (κ2) is 6.98. The zero-order chi connectivity index (χ0) is 15.3. The van der Waals surface area contributed by atoms with Crippen molar-refractivity contribution in [1.29, 1.82) is 0 Å². The quantitative estimate of drug-likeness (QED) is 0.581. The Labute approximate surface area is 135 Å².